The molecule has 0 atom stereocenters. The minimum absolute atomic E-state index is 0.445. The molecule has 1 heterocycles. The fraction of sp³-hybridized carbons (Fsp3) is 0. The third-order valence-corrected chi connectivity index (χ3v) is 2.29. The number of halogens is 2. The molecule has 5 heteroatoms. The van der Waals surface area contributed by atoms with Gasteiger partial charge in [0.15, 0.2) is 0 Å². The molecule has 2 rings (SSSR count). The first-order chi connectivity index (χ1) is 7.24. The number of rotatable bonds is 2. The highest BCUT2D eigenvalue weighted by Crippen LogP contribution is 2.21. The van der Waals surface area contributed by atoms with Crippen molar-refractivity contribution in [1.82, 2.24) is 9.97 Å². The molecular formula is C10H6BrClN2O. The largest absolute Gasteiger partial charge is 0.438 e. The molecule has 0 saturated heterocycles. The van der Waals surface area contributed by atoms with Gasteiger partial charge in [0.05, 0.1) is 12.4 Å². The van der Waals surface area contributed by atoms with Gasteiger partial charge in [0, 0.05) is 5.02 Å². The van der Waals surface area contributed by atoms with Crippen LogP contribution < -0.4 is 4.74 Å². The van der Waals surface area contributed by atoms with E-state index in [1.165, 1.54) is 0 Å². The van der Waals surface area contributed by atoms with Crippen molar-refractivity contribution >= 4 is 27.5 Å². The third-order valence-electron chi connectivity index (χ3n) is 1.63. The number of ether oxygens (including phenoxy) is 1. The zero-order chi connectivity index (χ0) is 10.7. The Morgan fingerprint density at radius 1 is 1.07 bits per heavy atom. The van der Waals surface area contributed by atoms with Crippen LogP contribution in [-0.2, 0) is 0 Å². The molecule has 1 aromatic heterocycles. The molecular weight excluding hydrogens is 279 g/mol. The molecule has 0 radical (unpaired) electrons. The smallest absolute Gasteiger partial charge is 0.237 e. The maximum Gasteiger partial charge on any atom is 0.237 e. The van der Waals surface area contributed by atoms with Crippen molar-refractivity contribution in [2.45, 2.75) is 0 Å². The summed E-state index contributed by atoms with van der Waals surface area (Å²) in [4.78, 5) is 8.03. The highest BCUT2D eigenvalue weighted by molar-refractivity contribution is 9.10. The topological polar surface area (TPSA) is 35.0 Å². The van der Waals surface area contributed by atoms with Crippen molar-refractivity contribution in [1.29, 1.82) is 0 Å². The average Bonchev–Trinajstić information content (AvgIpc) is 2.25. The van der Waals surface area contributed by atoms with Gasteiger partial charge in [-0.05, 0) is 40.2 Å². The van der Waals surface area contributed by atoms with Gasteiger partial charge in [-0.15, -0.1) is 0 Å². The van der Waals surface area contributed by atoms with Crippen LogP contribution in [0.5, 0.6) is 11.6 Å². The molecule has 76 valence electrons. The van der Waals surface area contributed by atoms with Crippen LogP contribution in [0, 0.1) is 0 Å². The van der Waals surface area contributed by atoms with E-state index in [4.69, 9.17) is 16.3 Å². The van der Waals surface area contributed by atoms with Gasteiger partial charge in [-0.1, -0.05) is 11.6 Å². The van der Waals surface area contributed by atoms with Crippen LogP contribution in [0.25, 0.3) is 0 Å². The van der Waals surface area contributed by atoms with Crippen molar-refractivity contribution in [2.24, 2.45) is 0 Å². The van der Waals surface area contributed by atoms with Crippen LogP contribution in [-0.4, -0.2) is 9.97 Å². The molecule has 2 aromatic rings. The number of aromatic nitrogens is 2. The van der Waals surface area contributed by atoms with Gasteiger partial charge in [-0.25, -0.2) is 9.97 Å². The van der Waals surface area contributed by atoms with Gasteiger partial charge in [0.25, 0.3) is 0 Å². The van der Waals surface area contributed by atoms with Gasteiger partial charge in [-0.3, -0.25) is 0 Å². The lowest BCUT2D eigenvalue weighted by Crippen LogP contribution is -1.88. The van der Waals surface area contributed by atoms with E-state index >= 15 is 0 Å². The van der Waals surface area contributed by atoms with Crippen LogP contribution in [0.3, 0.4) is 0 Å². The minimum atomic E-state index is 0.445. The predicted octanol–water partition coefficient (Wildman–Crippen LogP) is 3.68. The highest BCUT2D eigenvalue weighted by atomic mass is 79.9. The summed E-state index contributed by atoms with van der Waals surface area (Å²) in [5.74, 6) is 1.12. The normalized spacial score (nSPS) is 10.0. The molecule has 15 heavy (non-hydrogen) atoms. The summed E-state index contributed by atoms with van der Waals surface area (Å²) >= 11 is 8.94. The molecule has 0 spiro atoms. The van der Waals surface area contributed by atoms with Crippen LogP contribution in [0.1, 0.15) is 0 Å². The molecule has 0 amide bonds. The van der Waals surface area contributed by atoms with Crippen LogP contribution in [0.2, 0.25) is 5.02 Å². The van der Waals surface area contributed by atoms with Crippen molar-refractivity contribution in [3.63, 3.8) is 0 Å². The molecule has 0 aliphatic heterocycles. The van der Waals surface area contributed by atoms with E-state index in [-0.39, 0.29) is 0 Å². The van der Waals surface area contributed by atoms with E-state index in [1.54, 1.807) is 36.7 Å². The van der Waals surface area contributed by atoms with E-state index in [9.17, 15) is 0 Å². The fourth-order valence-corrected chi connectivity index (χ4v) is 1.31. The quantitative estimate of drug-likeness (QED) is 0.844. The second-order valence-corrected chi connectivity index (χ2v) is 3.98. The van der Waals surface area contributed by atoms with E-state index in [0.29, 0.717) is 21.3 Å². The Morgan fingerprint density at radius 3 is 2.40 bits per heavy atom. The SMILES string of the molecule is Clc1ccc(Oc2cnc(Br)cn2)cc1. The Bertz CT molecular complexity index is 400. The monoisotopic (exact) mass is 284 g/mol. The van der Waals surface area contributed by atoms with Crippen LogP contribution in [0.15, 0.2) is 41.3 Å². The van der Waals surface area contributed by atoms with Gasteiger partial charge in [0.2, 0.25) is 5.88 Å². The summed E-state index contributed by atoms with van der Waals surface area (Å²) in [6.45, 7) is 0. The molecule has 0 aliphatic carbocycles. The summed E-state index contributed by atoms with van der Waals surface area (Å²) in [7, 11) is 0. The Hall–Kier alpha value is -1.13. The van der Waals surface area contributed by atoms with E-state index in [0.717, 1.165) is 0 Å². The minimum Gasteiger partial charge on any atom is -0.438 e. The Labute approximate surface area is 100 Å². The molecule has 0 fully saturated rings. The lowest BCUT2D eigenvalue weighted by atomic mass is 10.3. The van der Waals surface area contributed by atoms with Crippen molar-refractivity contribution in [3.8, 4) is 11.6 Å². The van der Waals surface area contributed by atoms with Gasteiger partial charge in [0.1, 0.15) is 10.4 Å². The van der Waals surface area contributed by atoms with Crippen molar-refractivity contribution in [3.05, 3.63) is 46.3 Å². The molecule has 0 N–H and O–H groups in total. The van der Waals surface area contributed by atoms with Crippen LogP contribution in [0.4, 0.5) is 0 Å². The van der Waals surface area contributed by atoms with Crippen molar-refractivity contribution in [2.75, 3.05) is 0 Å². The predicted molar refractivity (Wildman–Crippen MR) is 61.3 cm³/mol. The lowest BCUT2D eigenvalue weighted by molar-refractivity contribution is 0.459. The van der Waals surface area contributed by atoms with E-state index in [1.807, 2.05) is 0 Å². The Morgan fingerprint density at radius 2 is 1.80 bits per heavy atom. The van der Waals surface area contributed by atoms with E-state index in [2.05, 4.69) is 25.9 Å². The first-order valence-electron chi connectivity index (χ1n) is 4.15. The number of hydrogen-bond acceptors (Lipinski definition) is 3. The molecule has 0 bridgehead atoms. The molecule has 3 nitrogen and oxygen atoms in total. The second-order valence-electron chi connectivity index (χ2n) is 2.73. The lowest BCUT2D eigenvalue weighted by Gasteiger charge is -2.03. The summed E-state index contributed by atoms with van der Waals surface area (Å²) in [5, 5.41) is 0.671. The third kappa shape index (κ3) is 2.91. The zero-order valence-corrected chi connectivity index (χ0v) is 9.86. The Kier molecular flexibility index (Phi) is 3.18. The maximum atomic E-state index is 5.75. The maximum absolute atomic E-state index is 5.75. The number of nitrogens with zero attached hydrogens (tertiary/aromatic N) is 2. The second kappa shape index (κ2) is 4.59. The van der Waals surface area contributed by atoms with Gasteiger partial charge < -0.3 is 4.74 Å². The number of hydrogen-bond donors (Lipinski definition) is 0. The van der Waals surface area contributed by atoms with Crippen molar-refractivity contribution < 1.29 is 4.74 Å². The highest BCUT2D eigenvalue weighted by Gasteiger charge is 1.98. The first kappa shape index (κ1) is 10.4. The molecule has 0 saturated carbocycles. The van der Waals surface area contributed by atoms with E-state index < -0.39 is 0 Å². The van der Waals surface area contributed by atoms with Crippen LogP contribution >= 0.6 is 27.5 Å². The standard InChI is InChI=1S/C10H6BrClN2O/c11-9-5-14-10(6-13-9)15-8-3-1-7(12)2-4-8/h1-6H. The summed E-state index contributed by atoms with van der Waals surface area (Å²) in [6, 6.07) is 7.05. The summed E-state index contributed by atoms with van der Waals surface area (Å²) < 4.78 is 6.11. The average molecular weight is 286 g/mol. The zero-order valence-electron chi connectivity index (χ0n) is 7.52. The Balaban J connectivity index is 2.15. The molecule has 0 unspecified atom stereocenters. The van der Waals surface area contributed by atoms with Gasteiger partial charge >= 0.3 is 0 Å². The summed E-state index contributed by atoms with van der Waals surface area (Å²) in [6.07, 6.45) is 3.12. The summed E-state index contributed by atoms with van der Waals surface area (Å²) in [5.41, 5.74) is 0. The van der Waals surface area contributed by atoms with Gasteiger partial charge in [-0.2, -0.15) is 0 Å². The fourth-order valence-electron chi connectivity index (χ4n) is 0.977. The molecule has 0 aliphatic rings. The first-order valence-corrected chi connectivity index (χ1v) is 5.32. The molecule has 1 aromatic carbocycles. The number of benzene rings is 1.